The number of hydrogen-bond acceptors (Lipinski definition) is 3. The predicted molar refractivity (Wildman–Crippen MR) is 73.1 cm³/mol. The normalized spacial score (nSPS) is 33.7. The maximum absolute atomic E-state index is 6.09. The molecule has 2 bridgehead atoms. The van der Waals surface area contributed by atoms with E-state index in [1.165, 1.54) is 32.4 Å². The Morgan fingerprint density at radius 3 is 2.53 bits per heavy atom. The maximum atomic E-state index is 6.09. The Morgan fingerprint density at radius 1 is 1.24 bits per heavy atom. The second-order valence-electron chi connectivity index (χ2n) is 6.85. The summed E-state index contributed by atoms with van der Waals surface area (Å²) < 4.78 is 0. The smallest absolute Gasteiger partial charge is 0.0223 e. The average Bonchev–Trinajstić information content (AvgIpc) is 2.46. The molecule has 0 saturated carbocycles. The summed E-state index contributed by atoms with van der Waals surface area (Å²) in [5, 5.41) is 0. The summed E-state index contributed by atoms with van der Waals surface area (Å²) in [7, 11) is 2.31. The first kappa shape index (κ1) is 13.3. The number of hydrogen-bond donors (Lipinski definition) is 1. The lowest BCUT2D eigenvalue weighted by atomic mass is 9.85. The van der Waals surface area contributed by atoms with Gasteiger partial charge in [0.1, 0.15) is 0 Å². The molecular formula is C14H29N3. The van der Waals surface area contributed by atoms with Gasteiger partial charge in [0, 0.05) is 31.2 Å². The second kappa shape index (κ2) is 4.87. The van der Waals surface area contributed by atoms with Crippen molar-refractivity contribution in [1.82, 2.24) is 9.80 Å². The predicted octanol–water partition coefficient (Wildman–Crippen LogP) is 1.53. The van der Waals surface area contributed by atoms with Crippen LogP contribution in [0.2, 0.25) is 0 Å². The van der Waals surface area contributed by atoms with E-state index in [0.717, 1.165) is 18.6 Å². The van der Waals surface area contributed by atoms with Gasteiger partial charge in [0.25, 0.3) is 0 Å². The van der Waals surface area contributed by atoms with E-state index in [2.05, 4.69) is 37.6 Å². The topological polar surface area (TPSA) is 32.5 Å². The van der Waals surface area contributed by atoms with E-state index in [4.69, 9.17) is 5.73 Å². The van der Waals surface area contributed by atoms with Gasteiger partial charge in [-0.1, -0.05) is 13.8 Å². The Labute approximate surface area is 106 Å². The van der Waals surface area contributed by atoms with Crippen molar-refractivity contribution in [3.63, 3.8) is 0 Å². The van der Waals surface area contributed by atoms with Crippen LogP contribution in [0.1, 0.15) is 40.0 Å². The highest BCUT2D eigenvalue weighted by atomic mass is 15.3. The van der Waals surface area contributed by atoms with Crippen LogP contribution in [0.15, 0.2) is 0 Å². The maximum Gasteiger partial charge on any atom is 0.0223 e. The van der Waals surface area contributed by atoms with Gasteiger partial charge in [-0.15, -0.1) is 0 Å². The first-order valence-corrected chi connectivity index (χ1v) is 7.10. The van der Waals surface area contributed by atoms with Crippen molar-refractivity contribution in [1.29, 1.82) is 0 Å². The zero-order valence-corrected chi connectivity index (χ0v) is 11.9. The third-order valence-corrected chi connectivity index (χ3v) is 5.10. The molecule has 2 saturated heterocycles. The zero-order valence-electron chi connectivity index (χ0n) is 11.9. The molecule has 2 aliphatic heterocycles. The van der Waals surface area contributed by atoms with E-state index in [9.17, 15) is 0 Å². The van der Waals surface area contributed by atoms with Crippen LogP contribution >= 0.6 is 0 Å². The molecule has 3 atom stereocenters. The summed E-state index contributed by atoms with van der Waals surface area (Å²) in [6, 6.07) is 1.88. The quantitative estimate of drug-likeness (QED) is 0.810. The number of nitrogens with zero attached hydrogens (tertiary/aromatic N) is 2. The lowest BCUT2D eigenvalue weighted by molar-refractivity contribution is 0.144. The molecule has 0 spiro atoms. The molecule has 0 aliphatic carbocycles. The zero-order chi connectivity index (χ0) is 12.6. The standard InChI is InChI=1S/C14H29N3/c1-11(15)14(2,3)10-17-8-7-12-5-6-13(9-17)16(12)4/h11-13H,5-10,15H2,1-4H3. The summed E-state index contributed by atoms with van der Waals surface area (Å²) in [6.45, 7) is 10.4. The lowest BCUT2D eigenvalue weighted by Crippen LogP contribution is -2.46. The van der Waals surface area contributed by atoms with Crippen LogP contribution in [0.5, 0.6) is 0 Å². The summed E-state index contributed by atoms with van der Waals surface area (Å²) in [6.07, 6.45) is 4.13. The lowest BCUT2D eigenvalue weighted by Gasteiger charge is -2.36. The van der Waals surface area contributed by atoms with Crippen LogP contribution in [-0.2, 0) is 0 Å². The minimum atomic E-state index is 0.224. The molecule has 2 rings (SSSR count). The Morgan fingerprint density at radius 2 is 1.88 bits per heavy atom. The first-order chi connectivity index (χ1) is 7.90. The van der Waals surface area contributed by atoms with Gasteiger partial charge in [-0.3, -0.25) is 4.90 Å². The molecule has 3 heteroatoms. The molecule has 2 aliphatic rings. The van der Waals surface area contributed by atoms with Gasteiger partial charge in [-0.05, 0) is 45.2 Å². The van der Waals surface area contributed by atoms with Crippen LogP contribution in [0.4, 0.5) is 0 Å². The summed E-state index contributed by atoms with van der Waals surface area (Å²) in [5.41, 5.74) is 6.32. The van der Waals surface area contributed by atoms with Crippen LogP contribution in [0.3, 0.4) is 0 Å². The van der Waals surface area contributed by atoms with E-state index in [0.29, 0.717) is 0 Å². The minimum absolute atomic E-state index is 0.224. The van der Waals surface area contributed by atoms with Crippen LogP contribution < -0.4 is 5.73 Å². The third-order valence-electron chi connectivity index (χ3n) is 5.10. The van der Waals surface area contributed by atoms with Crippen LogP contribution in [0.25, 0.3) is 0 Å². The van der Waals surface area contributed by atoms with Gasteiger partial charge in [-0.25, -0.2) is 0 Å². The van der Waals surface area contributed by atoms with Crippen molar-refractivity contribution in [3.05, 3.63) is 0 Å². The Hall–Kier alpha value is -0.120. The fourth-order valence-electron chi connectivity index (χ4n) is 3.24. The summed E-state index contributed by atoms with van der Waals surface area (Å²) >= 11 is 0. The molecule has 100 valence electrons. The number of likely N-dealkylation sites (N-methyl/N-ethyl adjacent to an activating group) is 1. The van der Waals surface area contributed by atoms with Gasteiger partial charge in [0.2, 0.25) is 0 Å². The van der Waals surface area contributed by atoms with Crippen LogP contribution in [0, 0.1) is 5.41 Å². The van der Waals surface area contributed by atoms with Crippen molar-refractivity contribution in [2.24, 2.45) is 11.1 Å². The molecule has 2 heterocycles. The molecule has 0 aromatic carbocycles. The molecule has 0 radical (unpaired) electrons. The van der Waals surface area contributed by atoms with E-state index in [1.807, 2.05) is 0 Å². The summed E-state index contributed by atoms with van der Waals surface area (Å²) in [5.74, 6) is 0. The van der Waals surface area contributed by atoms with Gasteiger partial charge in [0.15, 0.2) is 0 Å². The molecule has 3 unspecified atom stereocenters. The fraction of sp³-hybridized carbons (Fsp3) is 1.00. The third kappa shape index (κ3) is 2.83. The number of nitrogens with two attached hydrogens (primary N) is 1. The highest BCUT2D eigenvalue weighted by molar-refractivity contribution is 4.92. The van der Waals surface area contributed by atoms with Gasteiger partial charge < -0.3 is 10.6 Å². The number of likely N-dealkylation sites (tertiary alicyclic amines) is 1. The molecule has 0 aromatic heterocycles. The van der Waals surface area contributed by atoms with Crippen molar-refractivity contribution in [2.45, 2.75) is 58.2 Å². The number of rotatable bonds is 3. The molecule has 0 aromatic rings. The number of fused-ring (bicyclic) bond motifs is 2. The Kier molecular flexibility index (Phi) is 3.81. The Bertz CT molecular complexity index is 262. The molecule has 17 heavy (non-hydrogen) atoms. The fourth-order valence-corrected chi connectivity index (χ4v) is 3.24. The van der Waals surface area contributed by atoms with Crippen molar-refractivity contribution in [3.8, 4) is 0 Å². The highest BCUT2D eigenvalue weighted by Crippen LogP contribution is 2.30. The molecular weight excluding hydrogens is 210 g/mol. The van der Waals surface area contributed by atoms with Gasteiger partial charge >= 0.3 is 0 Å². The monoisotopic (exact) mass is 239 g/mol. The second-order valence-corrected chi connectivity index (χ2v) is 6.85. The van der Waals surface area contributed by atoms with Crippen molar-refractivity contribution < 1.29 is 0 Å². The van der Waals surface area contributed by atoms with Crippen LogP contribution in [-0.4, -0.2) is 54.6 Å². The first-order valence-electron chi connectivity index (χ1n) is 7.10. The average molecular weight is 239 g/mol. The molecule has 2 N–H and O–H groups in total. The van der Waals surface area contributed by atoms with Crippen molar-refractivity contribution in [2.75, 3.05) is 26.7 Å². The molecule has 2 fully saturated rings. The largest absolute Gasteiger partial charge is 0.327 e. The van der Waals surface area contributed by atoms with Crippen molar-refractivity contribution >= 4 is 0 Å². The minimum Gasteiger partial charge on any atom is -0.327 e. The van der Waals surface area contributed by atoms with E-state index < -0.39 is 0 Å². The van der Waals surface area contributed by atoms with E-state index >= 15 is 0 Å². The molecule has 3 nitrogen and oxygen atoms in total. The Balaban J connectivity index is 1.95. The SMILES string of the molecule is CC(N)C(C)(C)CN1CCC2CCC(C1)N2C. The van der Waals surface area contributed by atoms with Gasteiger partial charge in [0.05, 0.1) is 0 Å². The highest BCUT2D eigenvalue weighted by Gasteiger charge is 2.36. The molecule has 0 amide bonds. The summed E-state index contributed by atoms with van der Waals surface area (Å²) in [4.78, 5) is 5.25. The van der Waals surface area contributed by atoms with E-state index in [1.54, 1.807) is 0 Å². The van der Waals surface area contributed by atoms with E-state index in [-0.39, 0.29) is 11.5 Å². The van der Waals surface area contributed by atoms with Gasteiger partial charge in [-0.2, -0.15) is 0 Å².